The quantitative estimate of drug-likeness (QED) is 0.495. The molecule has 0 saturated heterocycles. The van der Waals surface area contributed by atoms with Crippen molar-refractivity contribution >= 4 is 0 Å². The molecule has 15 heavy (non-hydrogen) atoms. The molecule has 0 aromatic carbocycles. The van der Waals surface area contributed by atoms with E-state index in [1.165, 1.54) is 0 Å². The second kappa shape index (κ2) is 4.91. The van der Waals surface area contributed by atoms with Gasteiger partial charge in [0.2, 0.25) is 11.7 Å². The van der Waals surface area contributed by atoms with Crippen LogP contribution < -0.4 is 9.40 Å². The minimum absolute atomic E-state index is 0.0637. The molecule has 90 valence electrons. The van der Waals surface area contributed by atoms with Crippen LogP contribution in [-0.4, -0.2) is 14.0 Å². The van der Waals surface area contributed by atoms with Gasteiger partial charge in [0, 0.05) is 27.7 Å². The Bertz CT molecular complexity index is 293. The minimum atomic E-state index is -4.19. The summed E-state index contributed by atoms with van der Waals surface area (Å²) in [7, 11) is -4.19. The van der Waals surface area contributed by atoms with Crippen LogP contribution in [0.5, 0.6) is 0 Å². The van der Waals surface area contributed by atoms with Crippen LogP contribution in [0.4, 0.5) is 0 Å². The van der Waals surface area contributed by atoms with Crippen molar-refractivity contribution in [3.63, 3.8) is 0 Å². The summed E-state index contributed by atoms with van der Waals surface area (Å²) in [5, 5.41) is 0. The number of nitrogens with zero attached hydrogens (tertiary/aromatic N) is 1. The Hall–Kier alpha value is -0.660. The first-order valence-electron chi connectivity index (χ1n) is 4.15. The fourth-order valence-electron chi connectivity index (χ4n) is 0.749. The normalized spacial score (nSPS) is 13.1. The van der Waals surface area contributed by atoms with Crippen molar-refractivity contribution in [3.8, 4) is 0 Å². The van der Waals surface area contributed by atoms with Crippen LogP contribution in [0.3, 0.4) is 0 Å². The summed E-state index contributed by atoms with van der Waals surface area (Å²) in [6.07, 6.45) is 1.95. The molecule has 0 fully saturated rings. The van der Waals surface area contributed by atoms with Gasteiger partial charge in [0.25, 0.3) is 0 Å². The maximum absolute atomic E-state index is 8.83. The Morgan fingerprint density at radius 3 is 1.87 bits per heavy atom. The summed E-state index contributed by atoms with van der Waals surface area (Å²) < 4.78 is 37.4. The number of aromatic nitrogens is 1. The van der Waals surface area contributed by atoms with E-state index in [1.807, 2.05) is 23.9 Å². The molecule has 0 spiro atoms. The van der Waals surface area contributed by atoms with Gasteiger partial charge in [-0.3, -0.25) is 0 Å². The molecule has 1 heterocycles. The first kappa shape index (κ1) is 14.3. The zero-order chi connectivity index (χ0) is 12.3. The van der Waals surface area contributed by atoms with E-state index >= 15 is 0 Å². The van der Waals surface area contributed by atoms with E-state index in [0.29, 0.717) is 0 Å². The van der Waals surface area contributed by atoms with Gasteiger partial charge in [0.05, 0.1) is 6.07 Å². The molecule has 0 aliphatic heterocycles. The molecule has 0 amide bonds. The van der Waals surface area contributed by atoms with Gasteiger partial charge in [-0.25, -0.2) is 4.52 Å². The SMILES string of the molecule is Cc1cc[n+](C(C)(C)C)o1.[O-][Cl+](O)(O)O. The van der Waals surface area contributed by atoms with Gasteiger partial charge in [0.15, 0.2) is 5.76 Å². The number of hydrogen-bond donors (Lipinski definition) is 3. The van der Waals surface area contributed by atoms with Gasteiger partial charge in [0.1, 0.15) is 0 Å². The zero-order valence-corrected chi connectivity index (χ0v) is 9.89. The van der Waals surface area contributed by atoms with Gasteiger partial charge in [-0.2, -0.15) is 0 Å². The van der Waals surface area contributed by atoms with Crippen LogP contribution in [0.25, 0.3) is 0 Å². The predicted molar refractivity (Wildman–Crippen MR) is 45.3 cm³/mol. The van der Waals surface area contributed by atoms with Gasteiger partial charge < -0.3 is 0 Å². The Kier molecular flexibility index (Phi) is 4.69. The van der Waals surface area contributed by atoms with E-state index in [-0.39, 0.29) is 5.54 Å². The molecule has 0 unspecified atom stereocenters. The number of hydrogen-bond acceptors (Lipinski definition) is 5. The van der Waals surface area contributed by atoms with Gasteiger partial charge >= 0.3 is 28.9 Å². The summed E-state index contributed by atoms with van der Waals surface area (Å²) in [4.78, 5) is 0. The van der Waals surface area contributed by atoms with Crippen molar-refractivity contribution in [1.82, 2.24) is 0 Å². The molecule has 0 atom stereocenters. The summed E-state index contributed by atoms with van der Waals surface area (Å²) in [5.74, 6) is 0.954. The topological polar surface area (TPSA) is 101 Å². The molecule has 1 rings (SSSR count). The monoisotopic (exact) mass is 242 g/mol. The fraction of sp³-hybridized carbons (Fsp3) is 0.625. The van der Waals surface area contributed by atoms with Crippen molar-refractivity contribution in [2.45, 2.75) is 33.2 Å². The molecule has 0 saturated carbocycles. The zero-order valence-electron chi connectivity index (χ0n) is 9.14. The first-order chi connectivity index (χ1) is 6.50. The van der Waals surface area contributed by atoms with Crippen LogP contribution in [0.2, 0.25) is 0 Å². The average Bonchev–Trinajstić information content (AvgIpc) is 2.29. The molecule has 7 heteroatoms. The van der Waals surface area contributed by atoms with Crippen molar-refractivity contribution < 1.29 is 38.1 Å². The fourth-order valence-corrected chi connectivity index (χ4v) is 0.749. The molecule has 0 bridgehead atoms. The third-order valence-electron chi connectivity index (χ3n) is 1.35. The molecular formula is C8H17ClNO5+. The van der Waals surface area contributed by atoms with Crippen LogP contribution in [0.1, 0.15) is 26.5 Å². The average molecular weight is 243 g/mol. The van der Waals surface area contributed by atoms with Crippen molar-refractivity contribution in [3.05, 3.63) is 18.0 Å². The molecule has 1 aromatic heterocycles. The van der Waals surface area contributed by atoms with Crippen molar-refractivity contribution in [1.29, 1.82) is 0 Å². The second-order valence-corrected chi connectivity index (χ2v) is 4.82. The number of halogens is 1. The molecular weight excluding hydrogens is 226 g/mol. The number of aryl methyl sites for hydroxylation is 1. The van der Waals surface area contributed by atoms with E-state index in [9.17, 15) is 0 Å². The summed E-state index contributed by atoms with van der Waals surface area (Å²) >= 11 is 0. The van der Waals surface area contributed by atoms with Crippen LogP contribution in [0, 0.1) is 17.2 Å². The van der Waals surface area contributed by atoms with Gasteiger partial charge in [-0.05, 0) is 4.74 Å². The van der Waals surface area contributed by atoms with Crippen LogP contribution >= 0.6 is 0 Å². The van der Waals surface area contributed by atoms with Crippen LogP contribution in [0.15, 0.2) is 16.8 Å². The molecule has 6 nitrogen and oxygen atoms in total. The maximum atomic E-state index is 8.83. The number of rotatable bonds is 0. The molecule has 1 aromatic rings. The van der Waals surface area contributed by atoms with Crippen molar-refractivity contribution in [2.24, 2.45) is 0 Å². The predicted octanol–water partition coefficient (Wildman–Crippen LogP) is -1.23. The molecule has 0 aliphatic rings. The van der Waals surface area contributed by atoms with E-state index in [2.05, 4.69) is 20.8 Å². The molecule has 0 radical (unpaired) electrons. The Labute approximate surface area is 90.1 Å². The third-order valence-corrected chi connectivity index (χ3v) is 1.35. The van der Waals surface area contributed by atoms with Crippen LogP contribution in [-0.2, 0) is 5.54 Å². The van der Waals surface area contributed by atoms with E-state index in [4.69, 9.17) is 23.2 Å². The summed E-state index contributed by atoms with van der Waals surface area (Å²) in [6, 6.07) is 1.96. The molecule has 3 N–H and O–H groups in total. The van der Waals surface area contributed by atoms with Crippen molar-refractivity contribution in [2.75, 3.05) is 0 Å². The summed E-state index contributed by atoms with van der Waals surface area (Å²) in [6.45, 7) is 8.27. The van der Waals surface area contributed by atoms with E-state index < -0.39 is 10.2 Å². The summed E-state index contributed by atoms with van der Waals surface area (Å²) in [5.41, 5.74) is 0.0637. The standard InChI is InChI=1S/C8H14NO.ClH3O4/c1-7-5-6-9(10-7)8(2,3)4;2-1(3,4)5/h5-6H,1-4H3;2-4H/q+1;. The Morgan fingerprint density at radius 2 is 1.73 bits per heavy atom. The molecule has 0 aliphatic carbocycles. The van der Waals surface area contributed by atoms with Gasteiger partial charge in [-0.15, -0.1) is 0 Å². The third kappa shape index (κ3) is 8.34. The Morgan fingerprint density at radius 1 is 1.33 bits per heavy atom. The Balaban J connectivity index is 0.000000336. The van der Waals surface area contributed by atoms with Gasteiger partial charge in [-0.1, -0.05) is 0 Å². The van der Waals surface area contributed by atoms with E-state index in [0.717, 1.165) is 5.76 Å². The van der Waals surface area contributed by atoms with E-state index in [1.54, 1.807) is 0 Å². The first-order valence-corrected chi connectivity index (χ1v) is 5.47. The second-order valence-electron chi connectivity index (χ2n) is 3.95.